The van der Waals surface area contributed by atoms with E-state index in [0.717, 1.165) is 0 Å². The smallest absolute Gasteiger partial charge is 0.341 e. The Labute approximate surface area is 102 Å². The van der Waals surface area contributed by atoms with Gasteiger partial charge in [-0.1, -0.05) is 0 Å². The molecule has 1 aromatic heterocycles. The van der Waals surface area contributed by atoms with Crippen molar-refractivity contribution < 1.29 is 14.3 Å². The third kappa shape index (κ3) is 2.15. The molecule has 0 atom stereocenters. The Morgan fingerprint density at radius 1 is 1.28 bits per heavy atom. The van der Waals surface area contributed by atoms with Gasteiger partial charge in [-0.2, -0.15) is 0 Å². The molecule has 4 nitrogen and oxygen atoms in total. The molecule has 1 heterocycles. The number of aryl methyl sites for hydroxylation is 1. The number of aromatic amines is 1. The van der Waals surface area contributed by atoms with Crippen molar-refractivity contribution in [1.82, 2.24) is 4.98 Å². The zero-order valence-corrected chi connectivity index (χ0v) is 9.53. The first-order valence-corrected chi connectivity index (χ1v) is 5.22. The van der Waals surface area contributed by atoms with Crippen LogP contribution in [0.25, 0.3) is 11.3 Å². The number of H-pyrrole nitrogens is 1. The van der Waals surface area contributed by atoms with Crippen molar-refractivity contribution in [3.05, 3.63) is 57.6 Å². The first-order valence-electron chi connectivity index (χ1n) is 5.22. The minimum Gasteiger partial charge on any atom is -0.477 e. The molecule has 0 aliphatic heterocycles. The lowest BCUT2D eigenvalue weighted by Gasteiger charge is -2.07. The molecule has 0 aliphatic carbocycles. The number of carboxylic acid groups (broad SMARTS) is 1. The van der Waals surface area contributed by atoms with E-state index in [1.165, 1.54) is 30.3 Å². The Kier molecular flexibility index (Phi) is 2.97. The minimum atomic E-state index is -1.31. The Hall–Kier alpha value is -2.43. The summed E-state index contributed by atoms with van der Waals surface area (Å²) in [6.45, 7) is 1.65. The number of aromatic nitrogens is 1. The van der Waals surface area contributed by atoms with Crippen molar-refractivity contribution in [2.75, 3.05) is 0 Å². The number of pyridine rings is 1. The van der Waals surface area contributed by atoms with E-state index in [-0.39, 0.29) is 11.3 Å². The van der Waals surface area contributed by atoms with Crippen LogP contribution in [0.2, 0.25) is 0 Å². The summed E-state index contributed by atoms with van der Waals surface area (Å²) in [5.41, 5.74) is 0.275. The van der Waals surface area contributed by atoms with Gasteiger partial charge in [0.1, 0.15) is 11.4 Å². The highest BCUT2D eigenvalue weighted by molar-refractivity contribution is 5.94. The highest BCUT2D eigenvalue weighted by Crippen LogP contribution is 2.20. The van der Waals surface area contributed by atoms with Gasteiger partial charge in [-0.05, 0) is 36.8 Å². The summed E-state index contributed by atoms with van der Waals surface area (Å²) < 4.78 is 12.8. The number of benzene rings is 1. The number of rotatable bonds is 2. The molecule has 0 aliphatic rings. The fourth-order valence-electron chi connectivity index (χ4n) is 1.73. The van der Waals surface area contributed by atoms with Gasteiger partial charge >= 0.3 is 5.97 Å². The maximum absolute atomic E-state index is 12.8. The molecule has 2 aromatic rings. The van der Waals surface area contributed by atoms with Crippen molar-refractivity contribution in [1.29, 1.82) is 0 Å². The van der Waals surface area contributed by atoms with Crippen LogP contribution in [0.3, 0.4) is 0 Å². The second-order valence-corrected chi connectivity index (χ2v) is 3.88. The van der Waals surface area contributed by atoms with E-state index >= 15 is 0 Å². The maximum Gasteiger partial charge on any atom is 0.341 e. The van der Waals surface area contributed by atoms with Crippen molar-refractivity contribution in [2.45, 2.75) is 6.92 Å². The molecule has 18 heavy (non-hydrogen) atoms. The molecule has 2 rings (SSSR count). The Balaban J connectivity index is 2.73. The molecule has 2 N–H and O–H groups in total. The third-order valence-electron chi connectivity index (χ3n) is 2.51. The summed E-state index contributed by atoms with van der Waals surface area (Å²) >= 11 is 0. The normalized spacial score (nSPS) is 10.3. The van der Waals surface area contributed by atoms with E-state index in [1.807, 2.05) is 0 Å². The molecule has 0 saturated carbocycles. The van der Waals surface area contributed by atoms with Gasteiger partial charge in [0.2, 0.25) is 0 Å². The Morgan fingerprint density at radius 2 is 1.89 bits per heavy atom. The first-order chi connectivity index (χ1) is 8.49. The van der Waals surface area contributed by atoms with E-state index in [1.54, 1.807) is 6.92 Å². The molecule has 1 aromatic carbocycles. The van der Waals surface area contributed by atoms with Crippen LogP contribution in [-0.4, -0.2) is 16.1 Å². The summed E-state index contributed by atoms with van der Waals surface area (Å²) in [6.07, 6.45) is 0. The predicted octanol–water partition coefficient (Wildman–Crippen LogP) is 2.19. The Bertz CT molecular complexity index is 659. The Morgan fingerprint density at radius 3 is 2.44 bits per heavy atom. The van der Waals surface area contributed by atoms with E-state index in [0.29, 0.717) is 11.3 Å². The van der Waals surface area contributed by atoms with Crippen LogP contribution >= 0.6 is 0 Å². The molecule has 92 valence electrons. The zero-order chi connectivity index (χ0) is 13.3. The van der Waals surface area contributed by atoms with Crippen molar-refractivity contribution >= 4 is 5.97 Å². The molecule has 0 bridgehead atoms. The lowest BCUT2D eigenvalue weighted by molar-refractivity contribution is 0.0696. The van der Waals surface area contributed by atoms with Crippen LogP contribution in [0.4, 0.5) is 4.39 Å². The molecular formula is C13H10FNO3. The number of hydrogen-bond acceptors (Lipinski definition) is 2. The number of nitrogens with one attached hydrogen (secondary N) is 1. The molecule has 0 unspecified atom stereocenters. The highest BCUT2D eigenvalue weighted by atomic mass is 19.1. The van der Waals surface area contributed by atoms with E-state index in [2.05, 4.69) is 4.98 Å². The SMILES string of the molecule is Cc1cc(=O)c(C(=O)O)c(-c2ccc(F)cc2)[nH]1. The first kappa shape index (κ1) is 12.0. The van der Waals surface area contributed by atoms with Gasteiger partial charge in [0.25, 0.3) is 0 Å². The summed E-state index contributed by atoms with van der Waals surface area (Å²) in [5.74, 6) is -1.74. The maximum atomic E-state index is 12.8. The van der Waals surface area contributed by atoms with Crippen molar-refractivity contribution in [3.8, 4) is 11.3 Å². The molecule has 0 amide bonds. The largest absolute Gasteiger partial charge is 0.477 e. The van der Waals surface area contributed by atoms with Crippen molar-refractivity contribution in [3.63, 3.8) is 0 Å². The quantitative estimate of drug-likeness (QED) is 0.854. The standard InChI is InChI=1S/C13H10FNO3/c1-7-6-10(16)11(13(17)18)12(15-7)8-2-4-9(14)5-3-8/h2-6H,1H3,(H,15,16)(H,17,18). The third-order valence-corrected chi connectivity index (χ3v) is 2.51. The fourth-order valence-corrected chi connectivity index (χ4v) is 1.73. The molecule has 0 radical (unpaired) electrons. The average molecular weight is 247 g/mol. The highest BCUT2D eigenvalue weighted by Gasteiger charge is 2.16. The monoisotopic (exact) mass is 247 g/mol. The van der Waals surface area contributed by atoms with Crippen LogP contribution < -0.4 is 5.43 Å². The molecule has 0 fully saturated rings. The van der Waals surface area contributed by atoms with E-state index < -0.39 is 17.2 Å². The van der Waals surface area contributed by atoms with Gasteiger partial charge in [-0.25, -0.2) is 9.18 Å². The summed E-state index contributed by atoms with van der Waals surface area (Å²) in [7, 11) is 0. The second-order valence-electron chi connectivity index (χ2n) is 3.88. The molecule has 0 saturated heterocycles. The van der Waals surface area contributed by atoms with Crippen molar-refractivity contribution in [2.24, 2.45) is 0 Å². The number of aromatic carboxylic acids is 1. The van der Waals surface area contributed by atoms with Gasteiger partial charge in [0.15, 0.2) is 5.43 Å². The zero-order valence-electron chi connectivity index (χ0n) is 9.53. The summed E-state index contributed by atoms with van der Waals surface area (Å²) in [6, 6.07) is 6.48. The lowest BCUT2D eigenvalue weighted by Crippen LogP contribution is -2.17. The molecular weight excluding hydrogens is 237 g/mol. The van der Waals surface area contributed by atoms with Gasteiger partial charge < -0.3 is 10.1 Å². The lowest BCUT2D eigenvalue weighted by atomic mass is 10.0. The summed E-state index contributed by atoms with van der Waals surface area (Å²) in [4.78, 5) is 25.6. The topological polar surface area (TPSA) is 70.2 Å². The van der Waals surface area contributed by atoms with Crippen LogP contribution in [0.1, 0.15) is 16.1 Å². The number of carboxylic acids is 1. The van der Waals surface area contributed by atoms with Gasteiger partial charge in [0, 0.05) is 11.8 Å². The molecule has 5 heteroatoms. The van der Waals surface area contributed by atoms with Crippen LogP contribution in [0.5, 0.6) is 0 Å². The van der Waals surface area contributed by atoms with Crippen LogP contribution in [-0.2, 0) is 0 Å². The van der Waals surface area contributed by atoms with Gasteiger partial charge in [-0.15, -0.1) is 0 Å². The van der Waals surface area contributed by atoms with Crippen LogP contribution in [0.15, 0.2) is 35.1 Å². The fraction of sp³-hybridized carbons (Fsp3) is 0.0769. The second kappa shape index (κ2) is 4.44. The van der Waals surface area contributed by atoms with Gasteiger partial charge in [0.05, 0.1) is 5.69 Å². The summed E-state index contributed by atoms with van der Waals surface area (Å²) in [5, 5.41) is 9.06. The van der Waals surface area contributed by atoms with E-state index in [4.69, 9.17) is 5.11 Å². The predicted molar refractivity (Wildman–Crippen MR) is 64.2 cm³/mol. The number of carbonyl (C=O) groups is 1. The van der Waals surface area contributed by atoms with Crippen LogP contribution in [0, 0.1) is 12.7 Å². The van der Waals surface area contributed by atoms with Gasteiger partial charge in [-0.3, -0.25) is 4.79 Å². The number of hydrogen-bond donors (Lipinski definition) is 2. The average Bonchev–Trinajstić information content (AvgIpc) is 2.28. The number of halogens is 1. The van der Waals surface area contributed by atoms with E-state index in [9.17, 15) is 14.0 Å². The molecule has 0 spiro atoms. The minimum absolute atomic E-state index is 0.188.